The van der Waals surface area contributed by atoms with Crippen molar-refractivity contribution in [1.82, 2.24) is 9.88 Å². The van der Waals surface area contributed by atoms with Crippen LogP contribution >= 0.6 is 11.3 Å². The van der Waals surface area contributed by atoms with Gasteiger partial charge in [-0.3, -0.25) is 4.79 Å². The standard InChI is InChI=1S/C25H24N2O2S/c1-19-23(26-25(29-19)21-11-6-3-7-12-21)17-24(28)27(18-22-13-8-16-30-22)15-14-20-9-4-2-5-10-20/h2-13,16H,14-15,17-18H2,1H3. The number of rotatable bonds is 8. The second kappa shape index (κ2) is 9.55. The van der Waals surface area contributed by atoms with Crippen molar-refractivity contribution in [3.63, 3.8) is 0 Å². The van der Waals surface area contributed by atoms with Gasteiger partial charge < -0.3 is 9.32 Å². The van der Waals surface area contributed by atoms with Crippen LogP contribution in [0.15, 0.2) is 82.6 Å². The number of carbonyl (C=O) groups excluding carboxylic acids is 1. The molecule has 0 atom stereocenters. The Morgan fingerprint density at radius 2 is 1.73 bits per heavy atom. The molecule has 0 bridgehead atoms. The van der Waals surface area contributed by atoms with Crippen LogP contribution in [-0.2, 0) is 24.2 Å². The van der Waals surface area contributed by atoms with E-state index in [4.69, 9.17) is 4.42 Å². The Morgan fingerprint density at radius 3 is 2.43 bits per heavy atom. The molecule has 0 N–H and O–H groups in total. The fraction of sp³-hybridized carbons (Fsp3) is 0.200. The van der Waals surface area contributed by atoms with Gasteiger partial charge in [0.15, 0.2) is 0 Å². The zero-order valence-corrected chi connectivity index (χ0v) is 17.8. The lowest BCUT2D eigenvalue weighted by atomic mass is 10.1. The van der Waals surface area contributed by atoms with E-state index in [0.29, 0.717) is 30.4 Å². The maximum Gasteiger partial charge on any atom is 0.229 e. The summed E-state index contributed by atoms with van der Waals surface area (Å²) >= 11 is 1.67. The molecule has 5 heteroatoms. The molecule has 2 heterocycles. The number of oxazole rings is 1. The van der Waals surface area contributed by atoms with Crippen molar-refractivity contribution >= 4 is 17.2 Å². The number of nitrogens with zero attached hydrogens (tertiary/aromatic N) is 2. The molecular weight excluding hydrogens is 392 g/mol. The van der Waals surface area contributed by atoms with Crippen molar-refractivity contribution in [2.24, 2.45) is 0 Å². The average molecular weight is 417 g/mol. The molecule has 2 aromatic heterocycles. The van der Waals surface area contributed by atoms with Crippen LogP contribution in [0.5, 0.6) is 0 Å². The minimum Gasteiger partial charge on any atom is -0.441 e. The third kappa shape index (κ3) is 5.05. The second-order valence-corrected chi connectivity index (χ2v) is 8.23. The van der Waals surface area contributed by atoms with Crippen LogP contribution in [0.3, 0.4) is 0 Å². The Balaban J connectivity index is 1.49. The Kier molecular flexibility index (Phi) is 6.40. The van der Waals surface area contributed by atoms with E-state index in [-0.39, 0.29) is 12.3 Å². The number of carbonyl (C=O) groups is 1. The Bertz CT molecular complexity index is 1070. The summed E-state index contributed by atoms with van der Waals surface area (Å²) in [5.41, 5.74) is 2.85. The van der Waals surface area contributed by atoms with Gasteiger partial charge in [-0.1, -0.05) is 54.6 Å². The number of thiophene rings is 1. The highest BCUT2D eigenvalue weighted by Gasteiger charge is 2.20. The van der Waals surface area contributed by atoms with E-state index in [1.54, 1.807) is 11.3 Å². The van der Waals surface area contributed by atoms with Crippen LogP contribution < -0.4 is 0 Å². The predicted molar refractivity (Wildman–Crippen MR) is 120 cm³/mol. The summed E-state index contributed by atoms with van der Waals surface area (Å²) < 4.78 is 5.84. The van der Waals surface area contributed by atoms with Gasteiger partial charge in [0.2, 0.25) is 11.8 Å². The summed E-state index contributed by atoms with van der Waals surface area (Å²) in [4.78, 5) is 20.9. The fourth-order valence-electron chi connectivity index (χ4n) is 3.34. The second-order valence-electron chi connectivity index (χ2n) is 7.19. The minimum atomic E-state index is 0.0651. The quantitative estimate of drug-likeness (QED) is 0.380. The zero-order valence-electron chi connectivity index (χ0n) is 17.0. The Hall–Kier alpha value is -3.18. The van der Waals surface area contributed by atoms with Gasteiger partial charge in [0, 0.05) is 17.0 Å². The first-order valence-corrected chi connectivity index (χ1v) is 10.9. The number of aryl methyl sites for hydroxylation is 1. The molecule has 152 valence electrons. The van der Waals surface area contributed by atoms with Crippen LogP contribution in [0.4, 0.5) is 0 Å². The Morgan fingerprint density at radius 1 is 1.00 bits per heavy atom. The summed E-state index contributed by atoms with van der Waals surface area (Å²) in [6.07, 6.45) is 1.06. The molecule has 4 aromatic rings. The number of hydrogen-bond donors (Lipinski definition) is 0. The highest BCUT2D eigenvalue weighted by atomic mass is 32.1. The SMILES string of the molecule is Cc1oc(-c2ccccc2)nc1CC(=O)N(CCc1ccccc1)Cc1cccs1. The van der Waals surface area contributed by atoms with Crippen LogP contribution in [0, 0.1) is 6.92 Å². The van der Waals surface area contributed by atoms with Crippen molar-refractivity contribution in [3.05, 3.63) is 100 Å². The molecule has 0 unspecified atom stereocenters. The molecule has 0 radical (unpaired) electrons. The van der Waals surface area contributed by atoms with E-state index >= 15 is 0 Å². The third-order valence-corrected chi connectivity index (χ3v) is 5.89. The van der Waals surface area contributed by atoms with E-state index in [9.17, 15) is 4.79 Å². The first-order chi connectivity index (χ1) is 14.7. The van der Waals surface area contributed by atoms with Gasteiger partial charge in [0.05, 0.1) is 18.7 Å². The van der Waals surface area contributed by atoms with Crippen molar-refractivity contribution in [3.8, 4) is 11.5 Å². The van der Waals surface area contributed by atoms with Crippen molar-refractivity contribution < 1.29 is 9.21 Å². The highest BCUT2D eigenvalue weighted by molar-refractivity contribution is 7.09. The maximum atomic E-state index is 13.2. The van der Waals surface area contributed by atoms with E-state index in [1.165, 1.54) is 10.4 Å². The molecule has 0 saturated heterocycles. The largest absolute Gasteiger partial charge is 0.441 e. The van der Waals surface area contributed by atoms with Gasteiger partial charge in [0.1, 0.15) is 5.76 Å². The topological polar surface area (TPSA) is 46.3 Å². The van der Waals surface area contributed by atoms with Crippen molar-refractivity contribution in [2.75, 3.05) is 6.54 Å². The first kappa shape index (κ1) is 20.1. The van der Waals surface area contributed by atoms with E-state index in [1.807, 2.05) is 71.8 Å². The molecule has 4 rings (SSSR count). The maximum absolute atomic E-state index is 13.2. The van der Waals surface area contributed by atoms with Gasteiger partial charge in [-0.2, -0.15) is 0 Å². The van der Waals surface area contributed by atoms with Crippen LogP contribution in [0.1, 0.15) is 21.9 Å². The Labute approximate surface area is 180 Å². The molecule has 0 aliphatic rings. The van der Waals surface area contributed by atoms with Crippen molar-refractivity contribution in [2.45, 2.75) is 26.3 Å². The summed E-state index contributed by atoms with van der Waals surface area (Å²) in [6, 6.07) is 24.1. The van der Waals surface area contributed by atoms with Crippen LogP contribution in [0.25, 0.3) is 11.5 Å². The average Bonchev–Trinajstić information content (AvgIpc) is 3.42. The predicted octanol–water partition coefficient (Wildman–Crippen LogP) is 5.53. The summed E-state index contributed by atoms with van der Waals surface area (Å²) in [5.74, 6) is 1.32. The fourth-order valence-corrected chi connectivity index (χ4v) is 4.06. The molecule has 4 nitrogen and oxygen atoms in total. The minimum absolute atomic E-state index is 0.0651. The van der Waals surface area contributed by atoms with Crippen LogP contribution in [0.2, 0.25) is 0 Å². The third-order valence-electron chi connectivity index (χ3n) is 5.02. The monoisotopic (exact) mass is 416 g/mol. The van der Waals surface area contributed by atoms with E-state index in [2.05, 4.69) is 23.2 Å². The normalized spacial score (nSPS) is 10.8. The summed E-state index contributed by atoms with van der Waals surface area (Å²) in [5, 5.41) is 2.04. The molecule has 2 aromatic carbocycles. The number of hydrogen-bond acceptors (Lipinski definition) is 4. The lowest BCUT2D eigenvalue weighted by Crippen LogP contribution is -2.33. The molecule has 0 saturated carbocycles. The van der Waals surface area contributed by atoms with Gasteiger partial charge in [0.25, 0.3) is 0 Å². The molecule has 1 amide bonds. The van der Waals surface area contributed by atoms with Gasteiger partial charge in [-0.05, 0) is 42.5 Å². The van der Waals surface area contributed by atoms with E-state index < -0.39 is 0 Å². The molecule has 0 aliphatic heterocycles. The zero-order chi connectivity index (χ0) is 20.8. The van der Waals surface area contributed by atoms with Gasteiger partial charge in [-0.25, -0.2) is 4.98 Å². The summed E-state index contributed by atoms with van der Waals surface area (Å²) in [7, 11) is 0. The van der Waals surface area contributed by atoms with Crippen molar-refractivity contribution in [1.29, 1.82) is 0 Å². The van der Waals surface area contributed by atoms with Gasteiger partial charge in [-0.15, -0.1) is 11.3 Å². The van der Waals surface area contributed by atoms with E-state index in [0.717, 1.165) is 12.0 Å². The smallest absolute Gasteiger partial charge is 0.229 e. The molecule has 0 spiro atoms. The molecule has 30 heavy (non-hydrogen) atoms. The van der Waals surface area contributed by atoms with Gasteiger partial charge >= 0.3 is 0 Å². The molecular formula is C25H24N2O2S. The summed E-state index contributed by atoms with van der Waals surface area (Å²) in [6.45, 7) is 3.16. The lowest BCUT2D eigenvalue weighted by Gasteiger charge is -2.22. The number of amides is 1. The lowest BCUT2D eigenvalue weighted by molar-refractivity contribution is -0.131. The molecule has 0 fully saturated rings. The number of benzene rings is 2. The number of aromatic nitrogens is 1. The molecule has 0 aliphatic carbocycles. The van der Waals surface area contributed by atoms with Crippen LogP contribution in [-0.4, -0.2) is 22.3 Å². The highest BCUT2D eigenvalue weighted by Crippen LogP contribution is 2.22. The first-order valence-electron chi connectivity index (χ1n) is 10.0.